The van der Waals surface area contributed by atoms with E-state index in [-0.39, 0.29) is 18.6 Å². The van der Waals surface area contributed by atoms with Gasteiger partial charge in [-0.25, -0.2) is 0 Å². The maximum absolute atomic E-state index is 12.1. The van der Waals surface area contributed by atoms with Crippen LogP contribution >= 0.6 is 0 Å². The van der Waals surface area contributed by atoms with Crippen LogP contribution in [-0.2, 0) is 9.53 Å². The fourth-order valence-electron chi connectivity index (χ4n) is 2.90. The van der Waals surface area contributed by atoms with Gasteiger partial charge in [-0.2, -0.15) is 0 Å². The molecule has 1 N–H and O–H groups in total. The summed E-state index contributed by atoms with van der Waals surface area (Å²) in [6.45, 7) is 5.50. The number of hydrogen-bond acceptors (Lipinski definition) is 5. The third-order valence-corrected chi connectivity index (χ3v) is 4.21. The number of rotatable bonds is 7. The van der Waals surface area contributed by atoms with Crippen molar-refractivity contribution in [1.82, 2.24) is 10.2 Å². The Labute approximate surface area is 147 Å². The van der Waals surface area contributed by atoms with E-state index in [1.165, 1.54) is 0 Å². The number of ether oxygens (including phenoxy) is 2. The van der Waals surface area contributed by atoms with Gasteiger partial charge in [0.15, 0.2) is 6.61 Å². The second kappa shape index (κ2) is 8.69. The topological polar surface area (TPSA) is 63.9 Å². The van der Waals surface area contributed by atoms with Crippen molar-refractivity contribution >= 4 is 5.91 Å². The molecule has 1 aromatic carbocycles. The lowest BCUT2D eigenvalue weighted by atomic mass is 10.1. The van der Waals surface area contributed by atoms with E-state index < -0.39 is 0 Å². The molecule has 1 aliphatic heterocycles. The Hall–Kier alpha value is -2.31. The first kappa shape index (κ1) is 17.5. The van der Waals surface area contributed by atoms with Crippen LogP contribution in [0.3, 0.4) is 0 Å². The van der Waals surface area contributed by atoms with Crippen LogP contribution in [-0.4, -0.2) is 50.3 Å². The van der Waals surface area contributed by atoms with E-state index in [0.29, 0.717) is 25.5 Å². The van der Waals surface area contributed by atoms with Crippen LogP contribution in [0.25, 0.3) is 0 Å². The van der Waals surface area contributed by atoms with Gasteiger partial charge >= 0.3 is 0 Å². The van der Waals surface area contributed by atoms with Crippen molar-refractivity contribution in [3.05, 3.63) is 54.0 Å². The van der Waals surface area contributed by atoms with Gasteiger partial charge in [0.05, 0.1) is 25.5 Å². The molecule has 1 atom stereocenters. The van der Waals surface area contributed by atoms with Crippen LogP contribution in [0.1, 0.15) is 17.4 Å². The number of nitrogens with one attached hydrogen (secondary N) is 1. The third kappa shape index (κ3) is 5.08. The second-order valence-electron chi connectivity index (χ2n) is 6.09. The molecular formula is C19H24N2O4. The van der Waals surface area contributed by atoms with Crippen LogP contribution in [0.2, 0.25) is 0 Å². The smallest absolute Gasteiger partial charge is 0.258 e. The van der Waals surface area contributed by atoms with Crippen molar-refractivity contribution in [1.29, 1.82) is 0 Å². The minimum absolute atomic E-state index is 0.00168. The highest BCUT2D eigenvalue weighted by Crippen LogP contribution is 2.21. The van der Waals surface area contributed by atoms with Crippen LogP contribution in [0.4, 0.5) is 0 Å². The maximum Gasteiger partial charge on any atom is 0.258 e. The van der Waals surface area contributed by atoms with E-state index in [9.17, 15) is 4.79 Å². The van der Waals surface area contributed by atoms with Crippen molar-refractivity contribution < 1.29 is 18.7 Å². The predicted molar refractivity (Wildman–Crippen MR) is 93.5 cm³/mol. The van der Waals surface area contributed by atoms with Crippen LogP contribution in [0, 0.1) is 6.92 Å². The molecule has 1 aliphatic rings. The molecule has 0 radical (unpaired) electrons. The summed E-state index contributed by atoms with van der Waals surface area (Å²) in [4.78, 5) is 14.4. The summed E-state index contributed by atoms with van der Waals surface area (Å²) in [5.74, 6) is 1.40. The minimum atomic E-state index is -0.147. The second-order valence-corrected chi connectivity index (χ2v) is 6.09. The number of furan rings is 1. The Morgan fingerprint density at radius 1 is 1.28 bits per heavy atom. The van der Waals surface area contributed by atoms with Crippen LogP contribution in [0.5, 0.6) is 5.75 Å². The standard InChI is InChI=1S/C19H24N2O4/c1-15-4-2-5-16(12-15)25-14-19(22)20-13-17(18-6-3-9-24-18)21-7-10-23-11-8-21/h2-6,9,12,17H,7-8,10-11,13-14H2,1H3,(H,20,22). The number of aryl methyl sites for hydroxylation is 1. The van der Waals surface area contributed by atoms with E-state index in [4.69, 9.17) is 13.9 Å². The monoisotopic (exact) mass is 344 g/mol. The average molecular weight is 344 g/mol. The van der Waals surface area contributed by atoms with Gasteiger partial charge < -0.3 is 19.2 Å². The summed E-state index contributed by atoms with van der Waals surface area (Å²) >= 11 is 0. The Morgan fingerprint density at radius 2 is 2.12 bits per heavy atom. The highest BCUT2D eigenvalue weighted by atomic mass is 16.5. The number of amides is 1. The number of carbonyl (C=O) groups is 1. The molecule has 0 spiro atoms. The molecule has 25 heavy (non-hydrogen) atoms. The van der Waals surface area contributed by atoms with Gasteiger partial charge in [0.2, 0.25) is 0 Å². The molecule has 3 rings (SSSR count). The van der Waals surface area contributed by atoms with E-state index in [1.54, 1.807) is 6.26 Å². The number of morpholine rings is 1. The summed E-state index contributed by atoms with van der Waals surface area (Å²) in [6, 6.07) is 11.5. The quantitative estimate of drug-likeness (QED) is 0.834. The first-order valence-electron chi connectivity index (χ1n) is 8.54. The summed E-state index contributed by atoms with van der Waals surface area (Å²) < 4.78 is 16.5. The van der Waals surface area contributed by atoms with E-state index >= 15 is 0 Å². The Bertz CT molecular complexity index is 666. The average Bonchev–Trinajstić information content (AvgIpc) is 3.15. The van der Waals surface area contributed by atoms with Gasteiger partial charge in [-0.3, -0.25) is 9.69 Å². The lowest BCUT2D eigenvalue weighted by Crippen LogP contribution is -2.44. The van der Waals surface area contributed by atoms with E-state index in [0.717, 1.165) is 24.4 Å². The Kier molecular flexibility index (Phi) is 6.09. The molecule has 1 saturated heterocycles. The Morgan fingerprint density at radius 3 is 2.84 bits per heavy atom. The molecule has 1 aromatic heterocycles. The third-order valence-electron chi connectivity index (χ3n) is 4.21. The summed E-state index contributed by atoms with van der Waals surface area (Å²) in [5.41, 5.74) is 1.10. The van der Waals surface area contributed by atoms with E-state index in [2.05, 4.69) is 10.2 Å². The van der Waals surface area contributed by atoms with E-state index in [1.807, 2.05) is 43.3 Å². The predicted octanol–water partition coefficient (Wildman–Crippen LogP) is 2.16. The Balaban J connectivity index is 1.52. The van der Waals surface area contributed by atoms with Gasteiger partial charge in [-0.05, 0) is 36.8 Å². The number of nitrogens with zero attached hydrogens (tertiary/aromatic N) is 1. The summed E-state index contributed by atoms with van der Waals surface area (Å²) in [7, 11) is 0. The largest absolute Gasteiger partial charge is 0.484 e. The van der Waals surface area contributed by atoms with Crippen molar-refractivity contribution in [2.75, 3.05) is 39.5 Å². The summed E-state index contributed by atoms with van der Waals surface area (Å²) in [5, 5.41) is 2.95. The molecule has 1 unspecified atom stereocenters. The molecule has 6 heteroatoms. The summed E-state index contributed by atoms with van der Waals surface area (Å²) in [6.07, 6.45) is 1.66. The molecule has 2 heterocycles. The molecule has 1 amide bonds. The highest BCUT2D eigenvalue weighted by Gasteiger charge is 2.25. The van der Waals surface area contributed by atoms with Crippen LogP contribution < -0.4 is 10.1 Å². The van der Waals surface area contributed by atoms with Crippen molar-refractivity contribution in [3.63, 3.8) is 0 Å². The van der Waals surface area contributed by atoms with Crippen LogP contribution in [0.15, 0.2) is 47.1 Å². The van der Waals surface area contributed by atoms with Gasteiger partial charge in [-0.15, -0.1) is 0 Å². The fourth-order valence-corrected chi connectivity index (χ4v) is 2.90. The molecule has 0 saturated carbocycles. The molecule has 2 aromatic rings. The molecular weight excluding hydrogens is 320 g/mol. The number of hydrogen-bond donors (Lipinski definition) is 1. The van der Waals surface area contributed by atoms with Crippen molar-refractivity contribution in [2.45, 2.75) is 13.0 Å². The normalized spacial score (nSPS) is 16.4. The first-order valence-corrected chi connectivity index (χ1v) is 8.54. The number of carbonyl (C=O) groups excluding carboxylic acids is 1. The maximum atomic E-state index is 12.1. The first-order chi connectivity index (χ1) is 12.2. The lowest BCUT2D eigenvalue weighted by Gasteiger charge is -2.33. The van der Waals surface area contributed by atoms with Gasteiger partial charge in [-0.1, -0.05) is 12.1 Å². The molecule has 0 bridgehead atoms. The fraction of sp³-hybridized carbons (Fsp3) is 0.421. The van der Waals surface area contributed by atoms with Gasteiger partial charge in [0.25, 0.3) is 5.91 Å². The molecule has 6 nitrogen and oxygen atoms in total. The zero-order chi connectivity index (χ0) is 17.5. The SMILES string of the molecule is Cc1cccc(OCC(=O)NCC(c2ccco2)N2CCOCC2)c1. The van der Waals surface area contributed by atoms with Gasteiger partial charge in [0.1, 0.15) is 11.5 Å². The van der Waals surface area contributed by atoms with Crippen molar-refractivity contribution in [2.24, 2.45) is 0 Å². The molecule has 0 aliphatic carbocycles. The van der Waals surface area contributed by atoms with Crippen molar-refractivity contribution in [3.8, 4) is 5.75 Å². The molecule has 134 valence electrons. The minimum Gasteiger partial charge on any atom is -0.484 e. The zero-order valence-electron chi connectivity index (χ0n) is 14.4. The zero-order valence-corrected chi connectivity index (χ0v) is 14.4. The highest BCUT2D eigenvalue weighted by molar-refractivity contribution is 5.77. The van der Waals surface area contributed by atoms with Gasteiger partial charge in [0, 0.05) is 19.6 Å². The lowest BCUT2D eigenvalue weighted by molar-refractivity contribution is -0.123. The number of benzene rings is 1. The molecule has 1 fully saturated rings.